The Morgan fingerprint density at radius 3 is 2.50 bits per heavy atom. The van der Waals surface area contributed by atoms with Crippen molar-refractivity contribution < 1.29 is 19.2 Å². The number of hydrogen-bond donors (Lipinski definition) is 1. The molecule has 0 radical (unpaired) electrons. The molecule has 0 bridgehead atoms. The van der Waals surface area contributed by atoms with E-state index in [0.29, 0.717) is 23.8 Å². The fraction of sp³-hybridized carbons (Fsp3) is 0.632. The van der Waals surface area contributed by atoms with E-state index in [9.17, 15) is 4.79 Å². The quantitative estimate of drug-likeness (QED) is 0.897. The Balaban J connectivity index is 1.57. The van der Waals surface area contributed by atoms with Gasteiger partial charge in [-0.25, -0.2) is 0 Å². The fourth-order valence-electron chi connectivity index (χ4n) is 4.08. The van der Waals surface area contributed by atoms with E-state index in [1.807, 2.05) is 29.2 Å². The second-order valence-corrected chi connectivity index (χ2v) is 7.12. The molecule has 24 heavy (non-hydrogen) atoms. The predicted octanol–water partition coefficient (Wildman–Crippen LogP) is 0.992. The Labute approximate surface area is 144 Å². The number of methoxy groups -OCH3 is 1. The third kappa shape index (κ3) is 3.90. The van der Waals surface area contributed by atoms with Crippen molar-refractivity contribution in [3.63, 3.8) is 0 Å². The molecule has 5 nitrogen and oxygen atoms in total. The molecule has 2 heterocycles. The number of hydrogen-bond acceptors (Lipinski definition) is 3. The van der Waals surface area contributed by atoms with E-state index >= 15 is 0 Å². The monoisotopic (exact) mass is 333 g/mol. The maximum atomic E-state index is 12.7. The second kappa shape index (κ2) is 7.53. The van der Waals surface area contributed by atoms with Crippen LogP contribution in [0.3, 0.4) is 0 Å². The highest BCUT2D eigenvalue weighted by molar-refractivity contribution is 5.94. The smallest absolute Gasteiger partial charge is 0.253 e. The zero-order valence-corrected chi connectivity index (χ0v) is 15.0. The molecular formula is C19H29N2O3+. The molecule has 2 saturated heterocycles. The second-order valence-electron chi connectivity index (χ2n) is 7.12. The van der Waals surface area contributed by atoms with Crippen LogP contribution < -0.4 is 9.64 Å². The third-order valence-corrected chi connectivity index (χ3v) is 5.24. The van der Waals surface area contributed by atoms with Gasteiger partial charge < -0.3 is 19.3 Å². The summed E-state index contributed by atoms with van der Waals surface area (Å²) in [6.07, 6.45) is 2.81. The molecule has 0 spiro atoms. The topological polar surface area (TPSA) is 43.2 Å². The van der Waals surface area contributed by atoms with Crippen molar-refractivity contribution in [1.82, 2.24) is 4.90 Å². The SMILES string of the molecule is COc1cccc(C(=O)N2CCC([NH+]3C[C@@H](C)O[C@H](C)C3)CC2)c1. The van der Waals surface area contributed by atoms with E-state index in [-0.39, 0.29) is 5.91 Å². The average Bonchev–Trinajstić information content (AvgIpc) is 2.60. The summed E-state index contributed by atoms with van der Waals surface area (Å²) in [6, 6.07) is 8.08. The Hall–Kier alpha value is -1.59. The molecule has 0 aliphatic carbocycles. The van der Waals surface area contributed by atoms with Crippen molar-refractivity contribution in [2.24, 2.45) is 0 Å². The molecule has 2 fully saturated rings. The maximum Gasteiger partial charge on any atom is 0.253 e. The number of benzene rings is 1. The van der Waals surface area contributed by atoms with Gasteiger partial charge in [-0.3, -0.25) is 4.79 Å². The zero-order valence-electron chi connectivity index (χ0n) is 15.0. The van der Waals surface area contributed by atoms with Crippen molar-refractivity contribution in [1.29, 1.82) is 0 Å². The molecule has 0 aromatic heterocycles. The highest BCUT2D eigenvalue weighted by atomic mass is 16.5. The predicted molar refractivity (Wildman–Crippen MR) is 92.6 cm³/mol. The van der Waals surface area contributed by atoms with Gasteiger partial charge in [-0.1, -0.05) is 6.07 Å². The Morgan fingerprint density at radius 1 is 1.21 bits per heavy atom. The zero-order chi connectivity index (χ0) is 17.1. The molecule has 0 unspecified atom stereocenters. The van der Waals surface area contributed by atoms with Crippen LogP contribution in [0, 0.1) is 0 Å². The highest BCUT2D eigenvalue weighted by Crippen LogP contribution is 2.17. The van der Waals surface area contributed by atoms with E-state index in [4.69, 9.17) is 9.47 Å². The molecule has 2 aliphatic heterocycles. The first-order valence-corrected chi connectivity index (χ1v) is 9.00. The van der Waals surface area contributed by atoms with Gasteiger partial charge in [0.05, 0.1) is 13.2 Å². The van der Waals surface area contributed by atoms with E-state index in [1.54, 1.807) is 12.0 Å². The summed E-state index contributed by atoms with van der Waals surface area (Å²) >= 11 is 0. The molecule has 3 rings (SSSR count). The number of likely N-dealkylation sites (tertiary alicyclic amines) is 1. The lowest BCUT2D eigenvalue weighted by atomic mass is 10.0. The average molecular weight is 333 g/mol. The lowest BCUT2D eigenvalue weighted by Gasteiger charge is -2.41. The van der Waals surface area contributed by atoms with Gasteiger partial charge in [-0.15, -0.1) is 0 Å². The standard InChI is InChI=1S/C19H28N2O3/c1-14-12-21(13-15(2)24-14)17-7-9-20(10-8-17)19(22)16-5-4-6-18(11-16)23-3/h4-6,11,14-15,17H,7-10,12-13H2,1-3H3/p+1/t14-,15-/m1/s1. The molecule has 2 aliphatic rings. The van der Waals surface area contributed by atoms with Gasteiger partial charge in [0.1, 0.15) is 31.0 Å². The molecule has 1 amide bonds. The van der Waals surface area contributed by atoms with Crippen LogP contribution in [0.4, 0.5) is 0 Å². The first kappa shape index (κ1) is 17.2. The molecule has 2 atom stereocenters. The van der Waals surface area contributed by atoms with Crippen LogP contribution in [0.2, 0.25) is 0 Å². The van der Waals surface area contributed by atoms with Crippen molar-refractivity contribution in [3.8, 4) is 5.75 Å². The van der Waals surface area contributed by atoms with Crippen LogP contribution in [-0.4, -0.2) is 62.3 Å². The minimum absolute atomic E-state index is 0.117. The van der Waals surface area contributed by atoms with E-state index in [2.05, 4.69) is 13.8 Å². The summed E-state index contributed by atoms with van der Waals surface area (Å²) in [6.45, 7) is 8.17. The van der Waals surface area contributed by atoms with Gasteiger partial charge in [-0.2, -0.15) is 0 Å². The van der Waals surface area contributed by atoms with Crippen molar-refractivity contribution in [3.05, 3.63) is 29.8 Å². The highest BCUT2D eigenvalue weighted by Gasteiger charge is 2.34. The van der Waals surface area contributed by atoms with Gasteiger partial charge in [0.15, 0.2) is 0 Å². The van der Waals surface area contributed by atoms with Crippen LogP contribution in [0.25, 0.3) is 0 Å². The van der Waals surface area contributed by atoms with Crippen LogP contribution >= 0.6 is 0 Å². The number of carbonyl (C=O) groups excluding carboxylic acids is 1. The Bertz CT molecular complexity index is 559. The van der Waals surface area contributed by atoms with E-state index in [1.165, 1.54) is 0 Å². The number of nitrogens with one attached hydrogen (secondary N) is 1. The van der Waals surface area contributed by atoms with Gasteiger partial charge in [0, 0.05) is 31.5 Å². The van der Waals surface area contributed by atoms with Crippen LogP contribution in [0.15, 0.2) is 24.3 Å². The molecule has 1 aromatic rings. The molecule has 1 aromatic carbocycles. The van der Waals surface area contributed by atoms with Gasteiger partial charge in [0.25, 0.3) is 5.91 Å². The van der Waals surface area contributed by atoms with Crippen molar-refractivity contribution >= 4 is 5.91 Å². The number of amides is 1. The summed E-state index contributed by atoms with van der Waals surface area (Å²) in [5.74, 6) is 0.850. The van der Waals surface area contributed by atoms with Gasteiger partial charge in [-0.05, 0) is 32.0 Å². The summed E-state index contributed by atoms with van der Waals surface area (Å²) in [4.78, 5) is 16.3. The number of carbonyl (C=O) groups is 1. The molecule has 0 saturated carbocycles. The minimum atomic E-state index is 0.117. The molecule has 132 valence electrons. The number of rotatable bonds is 3. The van der Waals surface area contributed by atoms with E-state index < -0.39 is 0 Å². The fourth-order valence-corrected chi connectivity index (χ4v) is 4.08. The third-order valence-electron chi connectivity index (χ3n) is 5.24. The number of nitrogens with zero attached hydrogens (tertiary/aromatic N) is 1. The van der Waals surface area contributed by atoms with Crippen LogP contribution in [0.5, 0.6) is 5.75 Å². The normalized spacial score (nSPS) is 28.6. The molecule has 5 heteroatoms. The lowest BCUT2D eigenvalue weighted by molar-refractivity contribution is -0.940. The first-order chi connectivity index (χ1) is 11.6. The molecule has 1 N–H and O–H groups in total. The summed E-state index contributed by atoms with van der Waals surface area (Å²) in [7, 11) is 1.63. The van der Waals surface area contributed by atoms with Crippen LogP contribution in [0.1, 0.15) is 37.0 Å². The maximum absolute atomic E-state index is 12.7. The van der Waals surface area contributed by atoms with Crippen molar-refractivity contribution in [2.75, 3.05) is 33.3 Å². The lowest BCUT2D eigenvalue weighted by Crippen LogP contribution is -3.19. The summed E-state index contributed by atoms with van der Waals surface area (Å²) < 4.78 is 11.1. The van der Waals surface area contributed by atoms with Crippen LogP contribution in [-0.2, 0) is 4.74 Å². The number of morpholine rings is 1. The molecular weight excluding hydrogens is 304 g/mol. The minimum Gasteiger partial charge on any atom is -0.497 e. The number of piperidine rings is 1. The summed E-state index contributed by atoms with van der Waals surface area (Å²) in [5, 5.41) is 0. The number of quaternary nitrogens is 1. The largest absolute Gasteiger partial charge is 0.497 e. The Kier molecular flexibility index (Phi) is 5.41. The van der Waals surface area contributed by atoms with E-state index in [0.717, 1.165) is 44.8 Å². The van der Waals surface area contributed by atoms with Gasteiger partial charge >= 0.3 is 0 Å². The van der Waals surface area contributed by atoms with Gasteiger partial charge in [0.2, 0.25) is 0 Å². The number of ether oxygens (including phenoxy) is 2. The first-order valence-electron chi connectivity index (χ1n) is 9.00. The Morgan fingerprint density at radius 2 is 1.88 bits per heavy atom. The summed E-state index contributed by atoms with van der Waals surface area (Å²) in [5.41, 5.74) is 0.716. The van der Waals surface area contributed by atoms with Crippen molar-refractivity contribution in [2.45, 2.75) is 44.9 Å².